The Hall–Kier alpha value is -4.48. The van der Waals surface area contributed by atoms with Gasteiger partial charge in [0.1, 0.15) is 6.33 Å². The highest BCUT2D eigenvalue weighted by Crippen LogP contribution is 2.31. The van der Waals surface area contributed by atoms with E-state index in [1.807, 2.05) is 48.2 Å². The van der Waals surface area contributed by atoms with Gasteiger partial charge in [0.05, 0.1) is 35.2 Å². The van der Waals surface area contributed by atoms with E-state index in [2.05, 4.69) is 59.6 Å². The number of fused-ring (bicyclic) bond motifs is 1. The van der Waals surface area contributed by atoms with Crippen molar-refractivity contribution in [3.63, 3.8) is 0 Å². The third-order valence-electron chi connectivity index (χ3n) is 6.87. The van der Waals surface area contributed by atoms with Crippen LogP contribution in [0.2, 0.25) is 0 Å². The van der Waals surface area contributed by atoms with Crippen LogP contribution in [0.25, 0.3) is 11.5 Å². The highest BCUT2D eigenvalue weighted by atomic mass is 15.5. The van der Waals surface area contributed by atoms with Gasteiger partial charge in [-0.2, -0.15) is 9.78 Å². The van der Waals surface area contributed by atoms with Gasteiger partial charge in [-0.15, -0.1) is 5.10 Å². The van der Waals surface area contributed by atoms with Crippen molar-refractivity contribution >= 4 is 23.0 Å². The summed E-state index contributed by atoms with van der Waals surface area (Å²) in [7, 11) is 0. The van der Waals surface area contributed by atoms with Crippen LogP contribution in [0, 0.1) is 6.92 Å². The number of piperidine rings is 1. The minimum absolute atomic E-state index is 0.364. The number of nitrogens with one attached hydrogen (secondary N) is 1. The van der Waals surface area contributed by atoms with Gasteiger partial charge in [0, 0.05) is 31.4 Å². The fraction of sp³-hybridized carbons (Fsp3) is 0.360. The molecule has 0 atom stereocenters. The number of hydrogen-bond acceptors (Lipinski definition) is 10. The second-order valence-corrected chi connectivity index (χ2v) is 9.58. The highest BCUT2D eigenvalue weighted by Gasteiger charge is 2.25. The average Bonchev–Trinajstić information content (AvgIpc) is 3.61. The number of imidazole rings is 1. The zero-order valence-electron chi connectivity index (χ0n) is 21.0. The molecule has 12 nitrogen and oxygen atoms in total. The molecule has 5 aromatic rings. The SMILES string of the molecule is Cc1nc(-n2cnnn2)ccc1Nc1ccnn2c(C3CCN(c4ncc(C(C)C)cn4)CC3)cnc12. The van der Waals surface area contributed by atoms with Gasteiger partial charge in [0.2, 0.25) is 5.95 Å². The zero-order valence-corrected chi connectivity index (χ0v) is 21.0. The first kappa shape index (κ1) is 23.0. The lowest BCUT2D eigenvalue weighted by atomic mass is 9.94. The van der Waals surface area contributed by atoms with Crippen LogP contribution in [0.5, 0.6) is 0 Å². The van der Waals surface area contributed by atoms with E-state index in [0.29, 0.717) is 17.7 Å². The molecule has 37 heavy (non-hydrogen) atoms. The molecule has 6 rings (SSSR count). The van der Waals surface area contributed by atoms with Crippen LogP contribution < -0.4 is 10.2 Å². The van der Waals surface area contributed by atoms with Crippen LogP contribution in [0.15, 0.2) is 49.3 Å². The highest BCUT2D eigenvalue weighted by molar-refractivity contribution is 5.74. The van der Waals surface area contributed by atoms with Crippen LogP contribution in [0.4, 0.5) is 17.3 Å². The molecule has 0 radical (unpaired) electrons. The van der Waals surface area contributed by atoms with Crippen molar-refractivity contribution in [2.24, 2.45) is 0 Å². The van der Waals surface area contributed by atoms with E-state index in [9.17, 15) is 0 Å². The van der Waals surface area contributed by atoms with Crippen molar-refractivity contribution in [1.29, 1.82) is 0 Å². The van der Waals surface area contributed by atoms with Crippen LogP contribution in [0.3, 0.4) is 0 Å². The molecular formula is C25H28N12. The van der Waals surface area contributed by atoms with Crippen LogP contribution >= 0.6 is 0 Å². The molecule has 1 N–H and O–H groups in total. The van der Waals surface area contributed by atoms with Gasteiger partial charge < -0.3 is 10.2 Å². The summed E-state index contributed by atoms with van der Waals surface area (Å²) in [5.74, 6) is 2.26. The van der Waals surface area contributed by atoms with Gasteiger partial charge in [-0.1, -0.05) is 13.8 Å². The third kappa shape index (κ3) is 4.46. The van der Waals surface area contributed by atoms with Gasteiger partial charge >= 0.3 is 0 Å². The fourth-order valence-electron chi connectivity index (χ4n) is 4.68. The summed E-state index contributed by atoms with van der Waals surface area (Å²) in [6.07, 6.45) is 11.1. The molecule has 0 aromatic carbocycles. The molecule has 1 saturated heterocycles. The molecule has 5 aromatic heterocycles. The molecule has 0 amide bonds. The molecule has 1 aliphatic heterocycles. The average molecular weight is 497 g/mol. The molecule has 0 aliphatic carbocycles. The van der Waals surface area contributed by atoms with E-state index < -0.39 is 0 Å². The van der Waals surface area contributed by atoms with Gasteiger partial charge in [-0.3, -0.25) is 0 Å². The third-order valence-corrected chi connectivity index (χ3v) is 6.87. The lowest BCUT2D eigenvalue weighted by Crippen LogP contribution is -2.34. The van der Waals surface area contributed by atoms with E-state index in [1.54, 1.807) is 6.20 Å². The van der Waals surface area contributed by atoms with Crippen molar-refractivity contribution in [2.75, 3.05) is 23.3 Å². The minimum atomic E-state index is 0.364. The summed E-state index contributed by atoms with van der Waals surface area (Å²) in [6.45, 7) is 8.05. The molecule has 188 valence electrons. The number of nitrogens with zero attached hydrogens (tertiary/aromatic N) is 11. The summed E-state index contributed by atoms with van der Waals surface area (Å²) >= 11 is 0. The molecule has 1 aliphatic rings. The van der Waals surface area contributed by atoms with Gasteiger partial charge in [-0.05, 0) is 59.9 Å². The maximum absolute atomic E-state index is 4.73. The van der Waals surface area contributed by atoms with E-state index in [-0.39, 0.29) is 0 Å². The van der Waals surface area contributed by atoms with Gasteiger partial charge in [-0.25, -0.2) is 24.5 Å². The number of aryl methyl sites for hydroxylation is 1. The van der Waals surface area contributed by atoms with Crippen molar-refractivity contribution in [2.45, 2.75) is 45.4 Å². The number of rotatable bonds is 6. The molecule has 12 heteroatoms. The minimum Gasteiger partial charge on any atom is -0.351 e. The topological polar surface area (TPSA) is 128 Å². The quantitative estimate of drug-likeness (QED) is 0.373. The Morgan fingerprint density at radius 3 is 2.49 bits per heavy atom. The number of anilines is 3. The molecule has 0 spiro atoms. The molecular weight excluding hydrogens is 468 g/mol. The maximum atomic E-state index is 4.73. The first-order chi connectivity index (χ1) is 18.1. The predicted molar refractivity (Wildman–Crippen MR) is 138 cm³/mol. The second kappa shape index (κ2) is 9.52. The lowest BCUT2D eigenvalue weighted by molar-refractivity contribution is 0.483. The first-order valence-electron chi connectivity index (χ1n) is 12.4. The van der Waals surface area contributed by atoms with Gasteiger partial charge in [0.15, 0.2) is 11.5 Å². The molecule has 1 fully saturated rings. The zero-order chi connectivity index (χ0) is 25.4. The molecule has 0 saturated carbocycles. The van der Waals surface area contributed by atoms with Crippen molar-refractivity contribution in [3.05, 3.63) is 66.3 Å². The van der Waals surface area contributed by atoms with Crippen molar-refractivity contribution in [3.8, 4) is 5.82 Å². The van der Waals surface area contributed by atoms with Crippen LogP contribution in [0.1, 0.15) is 55.5 Å². The summed E-state index contributed by atoms with van der Waals surface area (Å²) in [6, 6.07) is 5.77. The Balaban J connectivity index is 1.18. The molecule has 0 unspecified atom stereocenters. The van der Waals surface area contributed by atoms with E-state index in [4.69, 9.17) is 4.98 Å². The summed E-state index contributed by atoms with van der Waals surface area (Å²) in [5, 5.41) is 19.3. The largest absolute Gasteiger partial charge is 0.351 e. The Bertz CT molecular complexity index is 1500. The first-order valence-corrected chi connectivity index (χ1v) is 12.4. The van der Waals surface area contributed by atoms with E-state index in [0.717, 1.165) is 65.9 Å². The standard InChI is InChI=1S/C25H28N12/c1-16(2)19-12-27-25(28-13-19)35-10-7-18(8-11-35)22-14-26-24-21(6-9-30-37(22)24)32-20-4-5-23(31-17(20)3)36-15-29-33-34-36/h4-6,9,12-16,18,32H,7-8,10-11H2,1-3H3. The summed E-state index contributed by atoms with van der Waals surface area (Å²) < 4.78 is 3.48. The normalized spacial score (nSPS) is 14.5. The lowest BCUT2D eigenvalue weighted by Gasteiger charge is -2.31. The second-order valence-electron chi connectivity index (χ2n) is 9.58. The Labute approximate surface area is 213 Å². The van der Waals surface area contributed by atoms with Crippen molar-refractivity contribution < 1.29 is 0 Å². The number of pyridine rings is 1. The smallest absolute Gasteiger partial charge is 0.225 e. The predicted octanol–water partition coefficient (Wildman–Crippen LogP) is 3.45. The maximum Gasteiger partial charge on any atom is 0.225 e. The number of aromatic nitrogens is 10. The fourth-order valence-corrected chi connectivity index (χ4v) is 4.68. The Kier molecular flexibility index (Phi) is 5.91. The van der Waals surface area contributed by atoms with Gasteiger partial charge in [0.25, 0.3) is 0 Å². The van der Waals surface area contributed by atoms with Crippen LogP contribution in [-0.4, -0.2) is 62.8 Å². The Morgan fingerprint density at radius 1 is 0.973 bits per heavy atom. The number of tetrazole rings is 1. The Morgan fingerprint density at radius 2 is 1.78 bits per heavy atom. The van der Waals surface area contributed by atoms with E-state index >= 15 is 0 Å². The monoisotopic (exact) mass is 496 g/mol. The molecule has 0 bridgehead atoms. The summed E-state index contributed by atoms with van der Waals surface area (Å²) in [4.78, 5) is 20.8. The van der Waals surface area contributed by atoms with E-state index in [1.165, 1.54) is 11.0 Å². The summed E-state index contributed by atoms with van der Waals surface area (Å²) in [5.41, 5.74) is 5.65. The van der Waals surface area contributed by atoms with Crippen LogP contribution in [-0.2, 0) is 0 Å². The molecule has 6 heterocycles. The number of hydrogen-bond donors (Lipinski definition) is 1. The van der Waals surface area contributed by atoms with Crippen molar-refractivity contribution in [1.82, 2.24) is 49.8 Å².